The molecule has 2 aromatic carbocycles. The fourth-order valence-electron chi connectivity index (χ4n) is 2.31. The van der Waals surface area contributed by atoms with E-state index in [-0.39, 0.29) is 5.56 Å². The number of nitrogens with one attached hydrogen (secondary N) is 2. The summed E-state index contributed by atoms with van der Waals surface area (Å²) in [6.45, 7) is -0.451. The molecule has 31 heavy (non-hydrogen) atoms. The van der Waals surface area contributed by atoms with Gasteiger partial charge in [0.05, 0.1) is 21.6 Å². The molecule has 0 spiro atoms. The molecule has 0 saturated heterocycles. The zero-order valence-electron chi connectivity index (χ0n) is 16.1. The van der Waals surface area contributed by atoms with Crippen LogP contribution in [0.5, 0.6) is 0 Å². The lowest BCUT2D eigenvalue weighted by molar-refractivity contribution is -0.394. The van der Waals surface area contributed by atoms with Gasteiger partial charge >= 0.3 is 13.6 Å². The van der Waals surface area contributed by atoms with Gasteiger partial charge in [-0.1, -0.05) is 12.1 Å². The van der Waals surface area contributed by atoms with Crippen LogP contribution < -0.4 is 10.5 Å². The lowest BCUT2D eigenvalue weighted by Crippen LogP contribution is -2.14. The highest BCUT2D eigenvalue weighted by Gasteiger charge is 2.17. The topological polar surface area (TPSA) is 163 Å². The first kappa shape index (κ1) is 23.0. The van der Waals surface area contributed by atoms with Crippen LogP contribution in [0.4, 0.5) is 22.7 Å². The number of anilines is 2. The number of carbonyl (C=O) groups is 2. The van der Waals surface area contributed by atoms with Gasteiger partial charge < -0.3 is 19.9 Å². The van der Waals surface area contributed by atoms with Gasteiger partial charge in [0.1, 0.15) is 6.61 Å². The maximum Gasteiger partial charge on any atom is 0.436 e. The van der Waals surface area contributed by atoms with E-state index in [1.165, 1.54) is 14.7 Å². The maximum atomic E-state index is 12.0. The highest BCUT2D eigenvalue weighted by Crippen LogP contribution is 2.23. The van der Waals surface area contributed by atoms with Gasteiger partial charge in [-0.05, 0) is 12.1 Å². The molecule has 0 bridgehead atoms. The molecule has 13 heteroatoms. The Hall–Kier alpha value is -4.26. The molecule has 0 unspecified atom stereocenters. The largest absolute Gasteiger partial charge is 0.458 e. The average molecular weight is 427 g/mol. The third kappa shape index (κ3) is 7.25. The quantitative estimate of drug-likeness (QED) is 0.190. The molecule has 1 radical (unpaired) electrons. The smallest absolute Gasteiger partial charge is 0.436 e. The van der Waals surface area contributed by atoms with Gasteiger partial charge in [-0.15, -0.1) is 0 Å². The van der Waals surface area contributed by atoms with E-state index >= 15 is 0 Å². The fraction of sp³-hybridized carbons (Fsp3) is 0.111. The van der Waals surface area contributed by atoms with Crippen LogP contribution >= 0.6 is 0 Å². The van der Waals surface area contributed by atoms with Gasteiger partial charge in [-0.2, -0.15) is 0 Å². The van der Waals surface area contributed by atoms with Crippen LogP contribution in [0.2, 0.25) is 0 Å². The summed E-state index contributed by atoms with van der Waals surface area (Å²) < 4.78 is 9.68. The second kappa shape index (κ2) is 11.1. The van der Waals surface area contributed by atoms with E-state index in [1.54, 1.807) is 24.3 Å². The summed E-state index contributed by atoms with van der Waals surface area (Å²) in [7, 11) is 2.77. The van der Waals surface area contributed by atoms with Gasteiger partial charge in [-0.25, -0.2) is 4.79 Å². The van der Waals surface area contributed by atoms with E-state index in [2.05, 4.69) is 10.5 Å². The first-order valence-electron chi connectivity index (χ1n) is 8.58. The number of nitrogens with zero attached hydrogens (tertiary/aromatic N) is 2. The molecule has 12 nitrogen and oxygen atoms in total. The molecule has 0 heterocycles. The number of para-hydroxylation sites is 2. The van der Waals surface area contributed by atoms with Crippen molar-refractivity contribution in [3.63, 3.8) is 0 Å². The third-order valence-electron chi connectivity index (χ3n) is 3.65. The maximum absolute atomic E-state index is 12.0. The van der Waals surface area contributed by atoms with E-state index in [0.29, 0.717) is 11.4 Å². The number of esters is 1. The predicted molar refractivity (Wildman–Crippen MR) is 110 cm³/mol. The van der Waals surface area contributed by atoms with Crippen LogP contribution in [-0.4, -0.2) is 36.5 Å². The Bertz CT molecular complexity index is 995. The molecule has 2 aromatic rings. The molecule has 0 aromatic heterocycles. The van der Waals surface area contributed by atoms with E-state index in [0.717, 1.165) is 30.4 Å². The number of benzene rings is 2. The van der Waals surface area contributed by atoms with Gasteiger partial charge in [0.25, 0.3) is 11.4 Å². The molecule has 2 N–H and O–H groups in total. The first-order valence-corrected chi connectivity index (χ1v) is 8.58. The van der Waals surface area contributed by atoms with Crippen LogP contribution in [0.1, 0.15) is 5.56 Å². The summed E-state index contributed by atoms with van der Waals surface area (Å²) in [5, 5.41) is 27.2. The number of hydrogen-bond acceptors (Lipinski definition) is 9. The number of hydrogen-bond donors (Lipinski definition) is 2. The Kier molecular flexibility index (Phi) is 8.22. The summed E-state index contributed by atoms with van der Waals surface area (Å²) in [5.41, 5.74) is 0.0338. The number of ether oxygens (including phenoxy) is 1. The number of rotatable bonds is 10. The van der Waals surface area contributed by atoms with Gasteiger partial charge in [0, 0.05) is 42.6 Å². The van der Waals surface area contributed by atoms with E-state index in [4.69, 9.17) is 9.39 Å². The molecule has 0 aliphatic heterocycles. The van der Waals surface area contributed by atoms with Crippen LogP contribution in [0.25, 0.3) is 0 Å². The van der Waals surface area contributed by atoms with Crippen molar-refractivity contribution in [2.24, 2.45) is 0 Å². The van der Waals surface area contributed by atoms with Crippen molar-refractivity contribution in [2.45, 2.75) is 6.61 Å². The first-order chi connectivity index (χ1) is 14.8. The Morgan fingerprint density at radius 3 is 2.23 bits per heavy atom. The van der Waals surface area contributed by atoms with Crippen LogP contribution in [0, 0.1) is 20.2 Å². The molecule has 2 rings (SSSR count). The zero-order chi connectivity index (χ0) is 22.8. The molecular weight excluding hydrogens is 411 g/mol. The van der Waals surface area contributed by atoms with Gasteiger partial charge in [0.2, 0.25) is 5.91 Å². The summed E-state index contributed by atoms with van der Waals surface area (Å²) in [4.78, 5) is 44.0. The van der Waals surface area contributed by atoms with Crippen molar-refractivity contribution in [3.8, 4) is 0 Å². The number of carbonyl (C=O) groups excluding carboxylic acids is 2. The molecule has 0 aliphatic rings. The lowest BCUT2D eigenvalue weighted by atomic mass is 10.2. The normalized spacial score (nSPS) is 10.4. The van der Waals surface area contributed by atoms with Crippen LogP contribution in [0.3, 0.4) is 0 Å². The molecule has 0 fully saturated rings. The predicted octanol–water partition coefficient (Wildman–Crippen LogP) is 2.33. The van der Waals surface area contributed by atoms with Crippen molar-refractivity contribution in [1.29, 1.82) is 0 Å². The van der Waals surface area contributed by atoms with Crippen molar-refractivity contribution in [2.75, 3.05) is 17.7 Å². The molecule has 1 amide bonds. The Morgan fingerprint density at radius 2 is 1.65 bits per heavy atom. The van der Waals surface area contributed by atoms with Gasteiger partial charge in [-0.3, -0.25) is 25.0 Å². The minimum atomic E-state index is -0.913. The number of nitro groups is 2. The summed E-state index contributed by atoms with van der Waals surface area (Å²) in [6.07, 6.45) is 1.80. The monoisotopic (exact) mass is 427 g/mol. The van der Waals surface area contributed by atoms with Crippen LogP contribution in [0.15, 0.2) is 54.6 Å². The number of non-ortho nitro benzene ring substituents is 2. The summed E-state index contributed by atoms with van der Waals surface area (Å²) >= 11 is 0. The van der Waals surface area contributed by atoms with Crippen molar-refractivity contribution >= 4 is 42.2 Å². The molecular formula is C18H16BN4O8. The minimum absolute atomic E-state index is 0.0569. The molecule has 0 aliphatic carbocycles. The van der Waals surface area contributed by atoms with Crippen molar-refractivity contribution in [3.05, 3.63) is 80.4 Å². The van der Waals surface area contributed by atoms with Gasteiger partial charge in [0.15, 0.2) is 0 Å². The second-order valence-corrected chi connectivity index (χ2v) is 5.85. The Labute approximate surface area is 176 Å². The van der Waals surface area contributed by atoms with Crippen LogP contribution in [-0.2, 0) is 25.6 Å². The molecule has 159 valence electrons. The van der Waals surface area contributed by atoms with E-state index in [9.17, 15) is 29.8 Å². The zero-order valence-corrected chi connectivity index (χ0v) is 16.1. The summed E-state index contributed by atoms with van der Waals surface area (Å²) in [6, 6.07) is 9.67. The lowest BCUT2D eigenvalue weighted by Gasteiger charge is -2.10. The van der Waals surface area contributed by atoms with Crippen molar-refractivity contribution < 1.29 is 28.8 Å². The minimum Gasteiger partial charge on any atom is -0.458 e. The number of amides is 1. The SMILES string of the molecule is CO[B]Nc1ccccc1NC(=O)/C=C\C(=O)OCc1cc([N+](=O)[O-])cc([N+](=O)[O-])c1. The van der Waals surface area contributed by atoms with Crippen molar-refractivity contribution in [1.82, 2.24) is 0 Å². The van der Waals surface area contributed by atoms with E-state index < -0.39 is 39.7 Å². The molecule has 0 saturated carbocycles. The van der Waals surface area contributed by atoms with E-state index in [1.807, 2.05) is 0 Å². The Balaban J connectivity index is 1.97. The fourth-order valence-corrected chi connectivity index (χ4v) is 2.31. The average Bonchev–Trinajstić information content (AvgIpc) is 2.75. The summed E-state index contributed by atoms with van der Waals surface area (Å²) in [5.74, 6) is -1.53. The third-order valence-corrected chi connectivity index (χ3v) is 3.65. The molecule has 0 atom stereocenters. The number of nitro benzene ring substituents is 2. The second-order valence-electron chi connectivity index (χ2n) is 5.85. The standard InChI is InChI=1S/C18H16BN4O8/c1-30-19-21-16-5-3-2-4-15(16)20-17(24)6-7-18(25)31-11-12-8-13(22(26)27)10-14(9-12)23(28)29/h2-10,21H,11H2,1H3,(H,20,24)/b7-6-. The Morgan fingerprint density at radius 1 is 1.03 bits per heavy atom. The highest BCUT2D eigenvalue weighted by atomic mass is 16.6. The highest BCUT2D eigenvalue weighted by molar-refractivity contribution is 6.33.